The van der Waals surface area contributed by atoms with Crippen LogP contribution in [0.4, 0.5) is 5.95 Å². The van der Waals surface area contributed by atoms with E-state index >= 15 is 0 Å². The lowest BCUT2D eigenvalue weighted by atomic mass is 9.73. The van der Waals surface area contributed by atoms with Crippen molar-refractivity contribution in [2.75, 3.05) is 19.5 Å². The molecule has 0 amide bonds. The zero-order valence-electron chi connectivity index (χ0n) is 18.7. The molecule has 2 heterocycles. The highest BCUT2D eigenvalue weighted by Crippen LogP contribution is 2.47. The highest BCUT2D eigenvalue weighted by molar-refractivity contribution is 6.00. The van der Waals surface area contributed by atoms with E-state index in [1.165, 1.54) is 0 Å². The Balaban J connectivity index is 1.74. The Morgan fingerprint density at radius 1 is 1.06 bits per heavy atom. The average Bonchev–Trinajstić information content (AvgIpc) is 3.20. The van der Waals surface area contributed by atoms with Crippen LogP contribution in [0.15, 0.2) is 59.8 Å². The molecule has 1 aromatic heterocycles. The third-order valence-corrected chi connectivity index (χ3v) is 6.10. The molecule has 0 fully saturated rings. The van der Waals surface area contributed by atoms with Crippen molar-refractivity contribution in [3.8, 4) is 22.9 Å². The first-order chi connectivity index (χ1) is 15.4. The third kappa shape index (κ3) is 3.34. The van der Waals surface area contributed by atoms with Gasteiger partial charge in [-0.25, -0.2) is 4.68 Å². The maximum atomic E-state index is 13.4. The number of hydrogen-bond acceptors (Lipinski definition) is 6. The quantitative estimate of drug-likeness (QED) is 0.651. The van der Waals surface area contributed by atoms with Crippen LogP contribution in [0.5, 0.6) is 11.5 Å². The average molecular weight is 431 g/mol. The molecule has 0 bridgehead atoms. The van der Waals surface area contributed by atoms with E-state index in [0.29, 0.717) is 35.3 Å². The fourth-order valence-electron chi connectivity index (χ4n) is 4.66. The summed E-state index contributed by atoms with van der Waals surface area (Å²) in [4.78, 5) is 18.2. The molecule has 164 valence electrons. The highest BCUT2D eigenvalue weighted by atomic mass is 16.5. The second-order valence-electron chi connectivity index (χ2n) is 9.04. The monoisotopic (exact) mass is 430 g/mol. The molecule has 1 unspecified atom stereocenters. The number of Topliss-reactive ketones (excluding diaryl/α,β-unsaturated/α-hetero) is 1. The predicted molar refractivity (Wildman–Crippen MR) is 122 cm³/mol. The van der Waals surface area contributed by atoms with Crippen molar-refractivity contribution in [1.82, 2.24) is 14.8 Å². The molecular formula is C25H26N4O3. The Bertz CT molecular complexity index is 1230. The fraction of sp³-hybridized carbons (Fsp3) is 0.320. The lowest BCUT2D eigenvalue weighted by Crippen LogP contribution is -2.36. The number of ketones is 1. The van der Waals surface area contributed by atoms with Crippen molar-refractivity contribution in [2.45, 2.75) is 32.7 Å². The number of nitrogens with one attached hydrogen (secondary N) is 1. The number of carbonyl (C=O) groups excluding carboxylic acids is 1. The summed E-state index contributed by atoms with van der Waals surface area (Å²) >= 11 is 0. The molecule has 1 N–H and O–H groups in total. The first kappa shape index (κ1) is 20.3. The fourth-order valence-corrected chi connectivity index (χ4v) is 4.66. The zero-order chi connectivity index (χ0) is 22.5. The summed E-state index contributed by atoms with van der Waals surface area (Å²) in [6.45, 7) is 4.23. The van der Waals surface area contributed by atoms with Gasteiger partial charge in [0.2, 0.25) is 5.95 Å². The van der Waals surface area contributed by atoms with Crippen molar-refractivity contribution in [3.05, 3.63) is 65.4 Å². The minimum absolute atomic E-state index is 0.112. The van der Waals surface area contributed by atoms with Gasteiger partial charge in [-0.05, 0) is 30.0 Å². The van der Waals surface area contributed by atoms with E-state index in [4.69, 9.17) is 19.6 Å². The lowest BCUT2D eigenvalue weighted by molar-refractivity contribution is -0.118. The van der Waals surface area contributed by atoms with Gasteiger partial charge in [0.15, 0.2) is 11.6 Å². The van der Waals surface area contributed by atoms with E-state index in [0.717, 1.165) is 23.2 Å². The Kier molecular flexibility index (Phi) is 4.77. The summed E-state index contributed by atoms with van der Waals surface area (Å²) in [7, 11) is 3.26. The topological polar surface area (TPSA) is 78.3 Å². The molecule has 0 radical (unpaired) electrons. The predicted octanol–water partition coefficient (Wildman–Crippen LogP) is 4.62. The number of rotatable bonds is 4. The van der Waals surface area contributed by atoms with Crippen LogP contribution >= 0.6 is 0 Å². The minimum Gasteiger partial charge on any atom is -0.497 e. The smallest absolute Gasteiger partial charge is 0.226 e. The summed E-state index contributed by atoms with van der Waals surface area (Å²) in [5.41, 5.74) is 3.22. The molecular weight excluding hydrogens is 404 g/mol. The number of anilines is 1. The highest BCUT2D eigenvalue weighted by Gasteiger charge is 2.42. The van der Waals surface area contributed by atoms with E-state index in [1.807, 2.05) is 48.5 Å². The van der Waals surface area contributed by atoms with E-state index in [-0.39, 0.29) is 11.2 Å². The van der Waals surface area contributed by atoms with Crippen LogP contribution in [0.2, 0.25) is 0 Å². The maximum absolute atomic E-state index is 13.4. The third-order valence-electron chi connectivity index (χ3n) is 6.10. The molecule has 1 aliphatic heterocycles. The Morgan fingerprint density at radius 2 is 1.84 bits per heavy atom. The summed E-state index contributed by atoms with van der Waals surface area (Å²) < 4.78 is 13.0. The van der Waals surface area contributed by atoms with Gasteiger partial charge >= 0.3 is 0 Å². The molecule has 7 nitrogen and oxygen atoms in total. The number of fused-ring (bicyclic) bond motifs is 1. The molecule has 2 aromatic carbocycles. The van der Waals surface area contributed by atoms with Crippen LogP contribution in [0, 0.1) is 5.41 Å². The molecule has 0 spiro atoms. The normalized spacial score (nSPS) is 19.1. The lowest BCUT2D eigenvalue weighted by Gasteiger charge is -2.38. The second kappa shape index (κ2) is 7.51. The molecule has 32 heavy (non-hydrogen) atoms. The van der Waals surface area contributed by atoms with Gasteiger partial charge in [0.1, 0.15) is 17.5 Å². The van der Waals surface area contributed by atoms with E-state index < -0.39 is 6.04 Å². The molecule has 2 aliphatic rings. The maximum Gasteiger partial charge on any atom is 0.226 e. The molecule has 3 aromatic rings. The van der Waals surface area contributed by atoms with Gasteiger partial charge in [-0.15, -0.1) is 5.10 Å². The number of ether oxygens (including phenoxy) is 2. The van der Waals surface area contributed by atoms with E-state index in [1.54, 1.807) is 18.9 Å². The van der Waals surface area contributed by atoms with Gasteiger partial charge in [0.25, 0.3) is 0 Å². The zero-order valence-corrected chi connectivity index (χ0v) is 18.7. The minimum atomic E-state index is -0.458. The SMILES string of the molecule is COc1ccc(OC)c(C2C3=C(CC(C)(C)CC3=O)Nc3nc(-c4ccccc4)nn32)c1. The number of aromatic nitrogens is 3. The van der Waals surface area contributed by atoms with E-state index in [9.17, 15) is 4.79 Å². The number of hydrogen-bond donors (Lipinski definition) is 1. The molecule has 0 saturated carbocycles. The van der Waals surface area contributed by atoms with Gasteiger partial charge in [0.05, 0.1) is 14.2 Å². The number of carbonyl (C=O) groups is 1. The molecule has 5 rings (SSSR count). The van der Waals surface area contributed by atoms with Gasteiger partial charge < -0.3 is 14.8 Å². The van der Waals surface area contributed by atoms with Crippen molar-refractivity contribution in [1.29, 1.82) is 0 Å². The Labute approximate surface area is 187 Å². The van der Waals surface area contributed by atoms with Gasteiger partial charge in [-0.2, -0.15) is 4.98 Å². The van der Waals surface area contributed by atoms with Gasteiger partial charge in [-0.3, -0.25) is 4.79 Å². The summed E-state index contributed by atoms with van der Waals surface area (Å²) in [6, 6.07) is 15.0. The Hall–Kier alpha value is -3.61. The molecule has 7 heteroatoms. The van der Waals surface area contributed by atoms with Crippen LogP contribution in [-0.2, 0) is 4.79 Å². The second-order valence-corrected chi connectivity index (χ2v) is 9.04. The van der Waals surface area contributed by atoms with Gasteiger partial charge in [0, 0.05) is 28.8 Å². The summed E-state index contributed by atoms with van der Waals surface area (Å²) in [6.07, 6.45) is 1.23. The van der Waals surface area contributed by atoms with Crippen LogP contribution in [-0.4, -0.2) is 34.8 Å². The Morgan fingerprint density at radius 3 is 2.56 bits per heavy atom. The standard InChI is InChI=1S/C25H26N4O3/c1-25(2)13-18-21(19(30)14-25)22(17-12-16(31-3)10-11-20(17)32-4)29-24(26-18)27-23(28-29)15-8-6-5-7-9-15/h5-12,22H,13-14H2,1-4H3,(H,26,27,28). The molecule has 0 saturated heterocycles. The van der Waals surface area contributed by atoms with Crippen LogP contribution in [0.3, 0.4) is 0 Å². The van der Waals surface area contributed by atoms with Crippen molar-refractivity contribution >= 4 is 11.7 Å². The molecule has 1 atom stereocenters. The largest absolute Gasteiger partial charge is 0.497 e. The van der Waals surface area contributed by atoms with Crippen LogP contribution in [0.1, 0.15) is 38.3 Å². The molecule has 1 aliphatic carbocycles. The van der Waals surface area contributed by atoms with Crippen LogP contribution in [0.25, 0.3) is 11.4 Å². The number of methoxy groups -OCH3 is 2. The van der Waals surface area contributed by atoms with Crippen molar-refractivity contribution < 1.29 is 14.3 Å². The number of benzene rings is 2. The van der Waals surface area contributed by atoms with Crippen molar-refractivity contribution in [2.24, 2.45) is 5.41 Å². The van der Waals surface area contributed by atoms with E-state index in [2.05, 4.69) is 19.2 Å². The summed E-state index contributed by atoms with van der Waals surface area (Å²) in [5, 5.41) is 8.25. The van der Waals surface area contributed by atoms with Gasteiger partial charge in [-0.1, -0.05) is 44.2 Å². The number of allylic oxidation sites excluding steroid dienone is 2. The summed E-state index contributed by atoms with van der Waals surface area (Å²) in [5.74, 6) is 2.69. The first-order valence-corrected chi connectivity index (χ1v) is 10.7. The van der Waals surface area contributed by atoms with Crippen LogP contribution < -0.4 is 14.8 Å². The number of nitrogens with zero attached hydrogens (tertiary/aromatic N) is 3. The van der Waals surface area contributed by atoms with Crippen molar-refractivity contribution in [3.63, 3.8) is 0 Å². The first-order valence-electron chi connectivity index (χ1n) is 10.7.